The number of anilines is 1. The minimum atomic E-state index is 0.161. The maximum absolute atomic E-state index is 5.52. The predicted molar refractivity (Wildman–Crippen MR) is 56.2 cm³/mol. The molecule has 1 aromatic rings. The molecule has 14 heavy (non-hydrogen) atoms. The van der Waals surface area contributed by atoms with Crippen LogP contribution in [-0.2, 0) is 6.42 Å². The van der Waals surface area contributed by atoms with E-state index in [1.165, 1.54) is 0 Å². The Kier molecular flexibility index (Phi) is 2.93. The molecule has 4 nitrogen and oxygen atoms in total. The zero-order valence-corrected chi connectivity index (χ0v) is 9.16. The molecule has 0 aliphatic carbocycles. The third-order valence-corrected chi connectivity index (χ3v) is 1.77. The molecule has 0 aliphatic heterocycles. The molecule has 0 saturated heterocycles. The third kappa shape index (κ3) is 2.87. The quantitative estimate of drug-likeness (QED) is 0.779. The zero-order chi connectivity index (χ0) is 10.8. The summed E-state index contributed by atoms with van der Waals surface area (Å²) in [7, 11) is 1.61. The molecule has 0 saturated carbocycles. The first kappa shape index (κ1) is 10.8. The maximum atomic E-state index is 5.52. The molecule has 1 heterocycles. The molecule has 0 bridgehead atoms. The third-order valence-electron chi connectivity index (χ3n) is 1.77. The maximum Gasteiger partial charge on any atom is 0.220 e. The largest absolute Gasteiger partial charge is 0.493 e. The number of aromatic nitrogens is 2. The first-order chi connectivity index (χ1) is 6.42. The highest BCUT2D eigenvalue weighted by Gasteiger charge is 2.16. The number of nitrogens with two attached hydrogens (primary N) is 1. The molecule has 0 fully saturated rings. The lowest BCUT2D eigenvalue weighted by molar-refractivity contribution is 0.371. The van der Waals surface area contributed by atoms with Crippen LogP contribution in [0.25, 0.3) is 0 Å². The first-order valence-electron chi connectivity index (χ1n) is 4.58. The first-order valence-corrected chi connectivity index (χ1v) is 4.58. The van der Waals surface area contributed by atoms with Gasteiger partial charge in [-0.3, -0.25) is 0 Å². The second-order valence-electron chi connectivity index (χ2n) is 4.48. The van der Waals surface area contributed by atoms with Crippen molar-refractivity contribution < 1.29 is 4.74 Å². The monoisotopic (exact) mass is 195 g/mol. The average Bonchev–Trinajstić information content (AvgIpc) is 2.01. The Bertz CT molecular complexity index is 318. The second-order valence-corrected chi connectivity index (χ2v) is 4.48. The minimum Gasteiger partial charge on any atom is -0.493 e. The summed E-state index contributed by atoms with van der Waals surface area (Å²) >= 11 is 0. The average molecular weight is 195 g/mol. The highest BCUT2D eigenvalue weighted by atomic mass is 16.5. The van der Waals surface area contributed by atoms with Crippen molar-refractivity contribution in [1.29, 1.82) is 0 Å². The fourth-order valence-corrected chi connectivity index (χ4v) is 1.22. The van der Waals surface area contributed by atoms with E-state index in [2.05, 4.69) is 30.7 Å². The van der Waals surface area contributed by atoms with E-state index in [4.69, 9.17) is 10.5 Å². The molecular formula is C10H17N3O. The Morgan fingerprint density at radius 3 is 2.57 bits per heavy atom. The molecule has 4 heteroatoms. The van der Waals surface area contributed by atoms with Crippen molar-refractivity contribution in [2.75, 3.05) is 12.8 Å². The summed E-state index contributed by atoms with van der Waals surface area (Å²) in [6.45, 7) is 6.43. The zero-order valence-electron chi connectivity index (χ0n) is 9.16. The van der Waals surface area contributed by atoms with E-state index in [0.29, 0.717) is 11.7 Å². The van der Waals surface area contributed by atoms with Crippen molar-refractivity contribution in [3.63, 3.8) is 0 Å². The molecule has 0 aliphatic rings. The van der Waals surface area contributed by atoms with E-state index in [-0.39, 0.29) is 5.41 Å². The summed E-state index contributed by atoms with van der Waals surface area (Å²) in [5, 5.41) is 0. The number of nitrogen functional groups attached to an aromatic ring is 1. The highest BCUT2D eigenvalue weighted by molar-refractivity contribution is 5.30. The minimum absolute atomic E-state index is 0.161. The van der Waals surface area contributed by atoms with Crippen LogP contribution in [0.1, 0.15) is 26.5 Å². The van der Waals surface area contributed by atoms with Crippen LogP contribution in [0.4, 0.5) is 5.95 Å². The van der Waals surface area contributed by atoms with Gasteiger partial charge >= 0.3 is 0 Å². The summed E-state index contributed by atoms with van der Waals surface area (Å²) in [5.41, 5.74) is 6.55. The molecule has 0 radical (unpaired) electrons. The van der Waals surface area contributed by atoms with Gasteiger partial charge in [-0.15, -0.1) is 0 Å². The molecular weight excluding hydrogens is 178 g/mol. The van der Waals surface area contributed by atoms with Gasteiger partial charge in [-0.25, -0.2) is 9.97 Å². The van der Waals surface area contributed by atoms with Gasteiger partial charge in [0.25, 0.3) is 0 Å². The number of rotatable bonds is 2. The standard InChI is InChI=1S/C10H17N3O/c1-10(2,3)5-7-8(14-4)6-12-9(11)13-7/h6H,5H2,1-4H3,(H2,11,12,13). The van der Waals surface area contributed by atoms with E-state index in [0.717, 1.165) is 12.1 Å². The van der Waals surface area contributed by atoms with Crippen LogP contribution in [0.5, 0.6) is 5.75 Å². The van der Waals surface area contributed by atoms with Crippen LogP contribution in [0.3, 0.4) is 0 Å². The number of hydrogen-bond donors (Lipinski definition) is 1. The lowest BCUT2D eigenvalue weighted by Gasteiger charge is -2.18. The van der Waals surface area contributed by atoms with Crippen LogP contribution >= 0.6 is 0 Å². The van der Waals surface area contributed by atoms with Crippen molar-refractivity contribution in [1.82, 2.24) is 9.97 Å². The molecule has 2 N–H and O–H groups in total. The van der Waals surface area contributed by atoms with Gasteiger partial charge in [0.15, 0.2) is 5.75 Å². The molecule has 0 spiro atoms. The van der Waals surface area contributed by atoms with E-state index in [1.807, 2.05) is 0 Å². The number of hydrogen-bond acceptors (Lipinski definition) is 4. The second kappa shape index (κ2) is 3.82. The Labute approximate surface area is 84.5 Å². The molecule has 78 valence electrons. The van der Waals surface area contributed by atoms with Crippen LogP contribution in [0.2, 0.25) is 0 Å². The summed E-state index contributed by atoms with van der Waals surface area (Å²) in [4.78, 5) is 8.05. The Balaban J connectivity index is 2.99. The van der Waals surface area contributed by atoms with Crippen molar-refractivity contribution in [3.05, 3.63) is 11.9 Å². The summed E-state index contributed by atoms with van der Waals surface area (Å²) in [6, 6.07) is 0. The molecule has 0 amide bonds. The van der Waals surface area contributed by atoms with Gasteiger partial charge in [-0.05, 0) is 11.8 Å². The van der Waals surface area contributed by atoms with Crippen molar-refractivity contribution in [2.45, 2.75) is 27.2 Å². The van der Waals surface area contributed by atoms with Gasteiger partial charge in [0.2, 0.25) is 5.95 Å². The van der Waals surface area contributed by atoms with E-state index in [9.17, 15) is 0 Å². The van der Waals surface area contributed by atoms with Gasteiger partial charge in [0.05, 0.1) is 19.0 Å². The van der Waals surface area contributed by atoms with E-state index in [1.54, 1.807) is 13.3 Å². The fourth-order valence-electron chi connectivity index (χ4n) is 1.22. The van der Waals surface area contributed by atoms with Crippen LogP contribution in [0.15, 0.2) is 6.20 Å². The van der Waals surface area contributed by atoms with Gasteiger partial charge in [-0.2, -0.15) is 0 Å². The molecule has 1 rings (SSSR count). The molecule has 0 aromatic carbocycles. The summed E-state index contributed by atoms with van der Waals surface area (Å²) in [6.07, 6.45) is 2.44. The fraction of sp³-hybridized carbons (Fsp3) is 0.600. The molecule has 1 aromatic heterocycles. The van der Waals surface area contributed by atoms with Gasteiger partial charge in [-0.1, -0.05) is 20.8 Å². The van der Waals surface area contributed by atoms with Crippen LogP contribution in [-0.4, -0.2) is 17.1 Å². The SMILES string of the molecule is COc1cnc(N)nc1CC(C)(C)C. The Hall–Kier alpha value is -1.32. The van der Waals surface area contributed by atoms with Gasteiger partial charge in [0.1, 0.15) is 0 Å². The van der Waals surface area contributed by atoms with E-state index < -0.39 is 0 Å². The van der Waals surface area contributed by atoms with Crippen LogP contribution < -0.4 is 10.5 Å². The molecule has 0 atom stereocenters. The summed E-state index contributed by atoms with van der Waals surface area (Å²) in [5.74, 6) is 0.999. The lowest BCUT2D eigenvalue weighted by atomic mass is 9.90. The number of ether oxygens (including phenoxy) is 1. The highest BCUT2D eigenvalue weighted by Crippen LogP contribution is 2.25. The summed E-state index contributed by atoms with van der Waals surface area (Å²) < 4.78 is 5.17. The number of nitrogens with zero attached hydrogens (tertiary/aromatic N) is 2. The van der Waals surface area contributed by atoms with Gasteiger partial charge in [0, 0.05) is 0 Å². The van der Waals surface area contributed by atoms with E-state index >= 15 is 0 Å². The Morgan fingerprint density at radius 2 is 2.07 bits per heavy atom. The molecule has 0 unspecified atom stereocenters. The lowest BCUT2D eigenvalue weighted by Crippen LogP contribution is -2.13. The number of methoxy groups -OCH3 is 1. The van der Waals surface area contributed by atoms with Crippen LogP contribution in [0, 0.1) is 5.41 Å². The topological polar surface area (TPSA) is 61.0 Å². The van der Waals surface area contributed by atoms with Crippen molar-refractivity contribution in [3.8, 4) is 5.75 Å². The smallest absolute Gasteiger partial charge is 0.220 e. The van der Waals surface area contributed by atoms with Gasteiger partial charge < -0.3 is 10.5 Å². The normalized spacial score (nSPS) is 11.4. The van der Waals surface area contributed by atoms with Crippen molar-refractivity contribution >= 4 is 5.95 Å². The predicted octanol–water partition coefficient (Wildman–Crippen LogP) is 1.66. The van der Waals surface area contributed by atoms with Crippen molar-refractivity contribution in [2.24, 2.45) is 5.41 Å². The Morgan fingerprint density at radius 1 is 1.43 bits per heavy atom.